The normalized spacial score (nSPS) is 20.8. The fraction of sp³-hybridized carbons (Fsp3) is 0.818. The Morgan fingerprint density at radius 1 is 1.25 bits per heavy atom. The molecular weight excluding hydrogens is 160 g/mol. The Balaban J connectivity index is 2.47. The first kappa shape index (κ1) is 10.0. The minimum absolute atomic E-state index is 0.921. The van der Waals surface area contributed by atoms with Crippen molar-refractivity contribution < 1.29 is 0 Å². The van der Waals surface area contributed by atoms with E-state index in [0.717, 1.165) is 5.54 Å². The van der Waals surface area contributed by atoms with Gasteiger partial charge in [-0.15, -0.1) is 6.58 Å². The van der Waals surface area contributed by atoms with Gasteiger partial charge < -0.3 is 0 Å². The molecule has 70 valence electrons. The third kappa shape index (κ3) is 2.48. The van der Waals surface area contributed by atoms with E-state index in [1.54, 1.807) is 0 Å². The summed E-state index contributed by atoms with van der Waals surface area (Å²) in [5.41, 5.74) is 1.09. The minimum Gasteiger partial charge on any atom is -0.103 e. The Bertz CT molecular complexity index is 143. The first-order valence-corrected chi connectivity index (χ1v) is 8.56. The van der Waals surface area contributed by atoms with Crippen molar-refractivity contribution in [2.75, 3.05) is 0 Å². The van der Waals surface area contributed by atoms with Gasteiger partial charge >= 0.3 is 0 Å². The zero-order valence-corrected chi connectivity index (χ0v) is 9.60. The predicted octanol–water partition coefficient (Wildman–Crippen LogP) is 4.22. The average molecular weight is 182 g/mol. The second-order valence-electron chi connectivity index (χ2n) is 4.82. The van der Waals surface area contributed by atoms with Crippen molar-refractivity contribution >= 4 is 8.07 Å². The largest absolute Gasteiger partial charge is 0.103 e. The van der Waals surface area contributed by atoms with Gasteiger partial charge in [0.05, 0.1) is 8.07 Å². The highest BCUT2D eigenvalue weighted by molar-refractivity contribution is 6.79. The number of rotatable bonds is 3. The molecule has 0 aromatic heterocycles. The van der Waals surface area contributed by atoms with Crippen LogP contribution in [0.4, 0.5) is 0 Å². The zero-order valence-electron chi connectivity index (χ0n) is 8.60. The molecule has 1 saturated carbocycles. The molecule has 1 aliphatic rings. The van der Waals surface area contributed by atoms with Crippen molar-refractivity contribution in [2.45, 2.75) is 56.8 Å². The first-order chi connectivity index (χ1) is 5.67. The van der Waals surface area contributed by atoms with Crippen molar-refractivity contribution in [3.63, 3.8) is 0 Å². The van der Waals surface area contributed by atoms with Gasteiger partial charge in [0.1, 0.15) is 0 Å². The van der Waals surface area contributed by atoms with Gasteiger partial charge in [0.2, 0.25) is 0 Å². The molecule has 0 saturated heterocycles. The lowest BCUT2D eigenvalue weighted by molar-refractivity contribution is 0.492. The van der Waals surface area contributed by atoms with E-state index in [0.29, 0.717) is 0 Å². The van der Waals surface area contributed by atoms with Crippen LogP contribution in [0, 0.1) is 0 Å². The molecule has 1 aliphatic carbocycles. The van der Waals surface area contributed by atoms with E-state index >= 15 is 0 Å². The molecule has 0 spiro atoms. The van der Waals surface area contributed by atoms with Crippen LogP contribution < -0.4 is 0 Å². The van der Waals surface area contributed by atoms with Crippen LogP contribution in [0.25, 0.3) is 0 Å². The van der Waals surface area contributed by atoms with E-state index < -0.39 is 8.07 Å². The molecule has 0 radical (unpaired) electrons. The Morgan fingerprint density at radius 2 is 1.83 bits per heavy atom. The molecule has 0 bridgehead atoms. The molecule has 0 N–H and O–H groups in total. The summed E-state index contributed by atoms with van der Waals surface area (Å²) < 4.78 is 0. The smallest absolute Gasteiger partial charge is 0.0542 e. The molecule has 0 nitrogen and oxygen atoms in total. The lowest BCUT2D eigenvalue weighted by Gasteiger charge is -2.34. The lowest BCUT2D eigenvalue weighted by Crippen LogP contribution is -2.32. The Labute approximate surface area is 78.1 Å². The fourth-order valence-corrected chi connectivity index (χ4v) is 5.47. The quantitative estimate of drug-likeness (QED) is 0.453. The standard InChI is InChI=1S/C11H22Si/c1-4-10-12(2,3)11-8-6-5-7-9-11/h4,11H,1,5-10H2,2-3H3. The highest BCUT2D eigenvalue weighted by Crippen LogP contribution is 2.38. The second-order valence-corrected chi connectivity index (χ2v) is 10.0. The van der Waals surface area contributed by atoms with Crippen molar-refractivity contribution in [1.82, 2.24) is 0 Å². The van der Waals surface area contributed by atoms with Gasteiger partial charge in [0.15, 0.2) is 0 Å². The zero-order chi connectivity index (χ0) is 9.03. The van der Waals surface area contributed by atoms with E-state index in [2.05, 4.69) is 25.7 Å². The Kier molecular flexibility index (Phi) is 3.57. The maximum Gasteiger partial charge on any atom is 0.0542 e. The summed E-state index contributed by atoms with van der Waals surface area (Å²) >= 11 is 0. The third-order valence-electron chi connectivity index (χ3n) is 3.38. The summed E-state index contributed by atoms with van der Waals surface area (Å²) in [6.45, 7) is 8.94. The SMILES string of the molecule is C=CC[Si](C)(C)C1CCCCC1. The molecule has 0 unspecified atom stereocenters. The van der Waals surface area contributed by atoms with Crippen LogP contribution in [0.15, 0.2) is 12.7 Å². The van der Waals surface area contributed by atoms with Gasteiger partial charge in [-0.2, -0.15) is 0 Å². The van der Waals surface area contributed by atoms with Gasteiger partial charge in [-0.05, 0) is 11.6 Å². The van der Waals surface area contributed by atoms with Gasteiger partial charge in [0, 0.05) is 0 Å². The number of hydrogen-bond donors (Lipinski definition) is 0. The van der Waals surface area contributed by atoms with Crippen LogP contribution in [0.1, 0.15) is 32.1 Å². The fourth-order valence-electron chi connectivity index (χ4n) is 2.42. The van der Waals surface area contributed by atoms with Gasteiger partial charge in [-0.1, -0.05) is 51.3 Å². The van der Waals surface area contributed by atoms with E-state index in [4.69, 9.17) is 0 Å². The van der Waals surface area contributed by atoms with E-state index in [1.165, 1.54) is 38.1 Å². The highest BCUT2D eigenvalue weighted by atomic mass is 28.3. The van der Waals surface area contributed by atoms with Crippen LogP contribution in [-0.4, -0.2) is 8.07 Å². The van der Waals surface area contributed by atoms with Crippen LogP contribution >= 0.6 is 0 Å². The van der Waals surface area contributed by atoms with Crippen LogP contribution in [-0.2, 0) is 0 Å². The maximum absolute atomic E-state index is 3.88. The molecule has 0 atom stereocenters. The average Bonchev–Trinajstić information content (AvgIpc) is 2.06. The summed E-state index contributed by atoms with van der Waals surface area (Å²) in [5, 5.41) is 0. The van der Waals surface area contributed by atoms with Gasteiger partial charge in [0.25, 0.3) is 0 Å². The topological polar surface area (TPSA) is 0 Å². The van der Waals surface area contributed by atoms with E-state index in [-0.39, 0.29) is 0 Å². The predicted molar refractivity (Wildman–Crippen MR) is 59.3 cm³/mol. The molecule has 0 aliphatic heterocycles. The van der Waals surface area contributed by atoms with E-state index in [9.17, 15) is 0 Å². The van der Waals surface area contributed by atoms with E-state index in [1.807, 2.05) is 0 Å². The molecule has 0 heterocycles. The molecule has 12 heavy (non-hydrogen) atoms. The van der Waals surface area contributed by atoms with Gasteiger partial charge in [-0.3, -0.25) is 0 Å². The summed E-state index contributed by atoms with van der Waals surface area (Å²) in [6.07, 6.45) is 9.60. The molecule has 0 aromatic carbocycles. The van der Waals surface area contributed by atoms with Crippen molar-refractivity contribution in [1.29, 1.82) is 0 Å². The van der Waals surface area contributed by atoms with Crippen molar-refractivity contribution in [3.05, 3.63) is 12.7 Å². The molecule has 1 rings (SSSR count). The number of allylic oxidation sites excluding steroid dienone is 1. The summed E-state index contributed by atoms with van der Waals surface area (Å²) in [6, 6.07) is 1.32. The molecular formula is C11H22Si. The van der Waals surface area contributed by atoms with Gasteiger partial charge in [-0.25, -0.2) is 0 Å². The molecule has 1 heteroatoms. The first-order valence-electron chi connectivity index (χ1n) is 5.28. The van der Waals surface area contributed by atoms with Crippen LogP contribution in [0.3, 0.4) is 0 Å². The maximum atomic E-state index is 3.88. The second kappa shape index (κ2) is 4.27. The number of hydrogen-bond acceptors (Lipinski definition) is 0. The van der Waals surface area contributed by atoms with Crippen molar-refractivity contribution in [3.8, 4) is 0 Å². The van der Waals surface area contributed by atoms with Crippen LogP contribution in [0.2, 0.25) is 24.7 Å². The monoisotopic (exact) mass is 182 g/mol. The van der Waals surface area contributed by atoms with Crippen LogP contribution in [0.5, 0.6) is 0 Å². The molecule has 1 fully saturated rings. The Hall–Kier alpha value is -0.0431. The molecule has 0 amide bonds. The van der Waals surface area contributed by atoms with Crippen molar-refractivity contribution in [2.24, 2.45) is 0 Å². The minimum atomic E-state index is -0.921. The molecule has 0 aromatic rings. The highest BCUT2D eigenvalue weighted by Gasteiger charge is 2.30. The Morgan fingerprint density at radius 3 is 2.33 bits per heavy atom. The summed E-state index contributed by atoms with van der Waals surface area (Å²) in [5.74, 6) is 0. The lowest BCUT2D eigenvalue weighted by atomic mass is 10.0. The summed E-state index contributed by atoms with van der Waals surface area (Å²) in [7, 11) is -0.921. The summed E-state index contributed by atoms with van der Waals surface area (Å²) in [4.78, 5) is 0. The third-order valence-corrected chi connectivity index (χ3v) is 7.51.